The Kier molecular flexibility index (Phi) is 12.0. The van der Waals surface area contributed by atoms with Gasteiger partial charge in [0.05, 0.1) is 24.2 Å². The van der Waals surface area contributed by atoms with Crippen LogP contribution in [-0.2, 0) is 47.2 Å². The zero-order valence-corrected chi connectivity index (χ0v) is 34.2. The van der Waals surface area contributed by atoms with Gasteiger partial charge in [0.2, 0.25) is 0 Å². The average Bonchev–Trinajstić information content (AvgIpc) is 3.89. The van der Waals surface area contributed by atoms with Crippen LogP contribution in [0, 0.1) is 6.92 Å². The number of nitrogen functional groups attached to an aromatic ring is 1. The third-order valence-electron chi connectivity index (χ3n) is 9.88. The number of aryl methyl sites for hydroxylation is 1. The number of aromatic nitrogens is 5. The molecule has 0 amide bonds. The number of H-pyrrole nitrogens is 1. The SMILES string of the molecule is CO[C@@H]1[C@@H]2OP(=O)(SCc3ccc(OC(=O)c4ccc(C)cc4)cc3)OC[C@H]3O[C@@H](n4ccc(=O)[nH]c4=O)[C@H](OP(=O)(O)OC[C@H]2O[C@H]1n1ccc2c(N)ncnc21)[C@@H]3F. The quantitative estimate of drug-likeness (QED) is 0.112. The fourth-order valence-corrected chi connectivity index (χ4v) is 11.2. The Hall–Kier alpha value is -4.57. The summed E-state index contributed by atoms with van der Waals surface area (Å²) in [5.41, 5.74) is 6.55. The second-order valence-corrected chi connectivity index (χ2v) is 19.3. The van der Waals surface area contributed by atoms with Gasteiger partial charge in [-0.05, 0) is 54.2 Å². The van der Waals surface area contributed by atoms with Crippen LogP contribution in [-0.4, -0.2) is 92.0 Å². The second kappa shape index (κ2) is 17.1. The molecule has 0 aliphatic carbocycles. The summed E-state index contributed by atoms with van der Waals surface area (Å²) in [5, 5.41) is 0.483. The van der Waals surface area contributed by atoms with Crippen molar-refractivity contribution in [2.24, 2.45) is 0 Å². The van der Waals surface area contributed by atoms with Crippen molar-refractivity contribution in [1.29, 1.82) is 0 Å². The number of ether oxygens (including phenoxy) is 4. The molecule has 10 atom stereocenters. The van der Waals surface area contributed by atoms with Gasteiger partial charge in [-0.1, -0.05) is 29.8 Å². The van der Waals surface area contributed by atoms with Crippen molar-refractivity contribution in [3.8, 4) is 5.75 Å². The van der Waals surface area contributed by atoms with E-state index >= 15 is 4.39 Å². The van der Waals surface area contributed by atoms with Crippen molar-refractivity contribution in [3.63, 3.8) is 0 Å². The van der Waals surface area contributed by atoms with E-state index < -0.39 is 94.2 Å². The van der Waals surface area contributed by atoms with Gasteiger partial charge in [-0.15, -0.1) is 0 Å². The normalized spacial score (nSPS) is 30.9. The number of hydrogen-bond donors (Lipinski definition) is 3. The molecule has 20 nitrogen and oxygen atoms in total. The molecule has 8 rings (SSSR count). The number of hydrogen-bond acceptors (Lipinski definition) is 17. The molecule has 2 aromatic carbocycles. The number of phosphoric acid groups is 1. The summed E-state index contributed by atoms with van der Waals surface area (Å²) in [6, 6.07) is 15.9. The maximum atomic E-state index is 16.2. The van der Waals surface area contributed by atoms with Crippen LogP contribution in [0.1, 0.15) is 33.9 Å². The highest BCUT2D eigenvalue weighted by Gasteiger charge is 2.55. The first-order valence-electron chi connectivity index (χ1n) is 18.2. The minimum Gasteiger partial charge on any atom is -0.423 e. The first-order valence-corrected chi connectivity index (χ1v) is 22.8. The topological polar surface area (TPSA) is 257 Å². The molecular formula is C36H37FN6O14P2S. The number of nitrogens with one attached hydrogen (secondary N) is 1. The first kappa shape index (κ1) is 42.1. The van der Waals surface area contributed by atoms with Gasteiger partial charge >= 0.3 is 26.3 Å². The van der Waals surface area contributed by atoms with Crippen molar-refractivity contribution < 1.29 is 60.3 Å². The maximum absolute atomic E-state index is 16.2. The van der Waals surface area contributed by atoms with Crippen LogP contribution in [0.15, 0.2) is 89.0 Å². The molecule has 3 aromatic heterocycles. The minimum absolute atomic E-state index is 0.0186. The molecule has 3 aliphatic heterocycles. The monoisotopic (exact) mass is 890 g/mol. The number of esters is 1. The highest BCUT2D eigenvalue weighted by Crippen LogP contribution is 2.64. The minimum atomic E-state index is -5.21. The first-order chi connectivity index (χ1) is 28.7. The number of nitrogens with zero attached hydrogens (tertiary/aromatic N) is 4. The van der Waals surface area contributed by atoms with Gasteiger partial charge in [-0.2, -0.15) is 0 Å². The molecule has 3 fully saturated rings. The number of anilines is 1. The molecule has 4 N–H and O–H groups in total. The lowest BCUT2D eigenvalue weighted by atomic mass is 10.1. The zero-order chi connectivity index (χ0) is 42.3. The number of rotatable bonds is 8. The smallest absolute Gasteiger partial charge is 0.423 e. The number of nitrogens with two attached hydrogens (primary N) is 1. The fourth-order valence-electron chi connectivity index (χ4n) is 6.86. The second-order valence-electron chi connectivity index (χ2n) is 13.8. The van der Waals surface area contributed by atoms with Crippen molar-refractivity contribution >= 4 is 48.8 Å². The lowest BCUT2D eigenvalue weighted by molar-refractivity contribution is -0.0667. The lowest BCUT2D eigenvalue weighted by Crippen LogP contribution is -2.38. The van der Waals surface area contributed by atoms with E-state index in [-0.39, 0.29) is 17.3 Å². The van der Waals surface area contributed by atoms with E-state index in [0.29, 0.717) is 22.2 Å². The summed E-state index contributed by atoms with van der Waals surface area (Å²) in [7, 11) is -3.87. The van der Waals surface area contributed by atoms with Gasteiger partial charge in [0.15, 0.2) is 18.6 Å². The molecule has 0 saturated carbocycles. The molecule has 3 saturated heterocycles. The van der Waals surface area contributed by atoms with Crippen LogP contribution in [0.25, 0.3) is 11.0 Å². The molecule has 60 heavy (non-hydrogen) atoms. The van der Waals surface area contributed by atoms with Crippen LogP contribution < -0.4 is 21.7 Å². The fraction of sp³-hybridized carbons (Fsp3) is 0.361. The van der Waals surface area contributed by atoms with E-state index in [1.165, 1.54) is 13.4 Å². The molecule has 0 spiro atoms. The summed E-state index contributed by atoms with van der Waals surface area (Å²) in [5.74, 6) is -0.141. The predicted octanol–water partition coefficient (Wildman–Crippen LogP) is 4.20. The molecule has 24 heteroatoms. The standard InChI is InChI=1S/C36H37FN6O14P2S/c1-19-3-7-21(8-4-19)35(45)53-22-9-5-20(6-10-22)17-60-59(49)52-15-24-27(37)29(33(54-24)43-14-12-26(44)41-36(43)46)56-58(47,48)51-16-25-28(57-59)30(50-2)34(55-25)42-13-11-23-31(38)39-18-40-32(23)42/h3-14,18,24-25,27-30,33-34H,15-17H2,1-2H3,(H,47,48)(H2,38,39,40)(H,41,44,46)/t24-,25-,27-,28-,29-,30-,33-,34-,59?/m1/s1. The molecule has 318 valence electrons. The Morgan fingerprint density at radius 3 is 2.40 bits per heavy atom. The molecule has 2 bridgehead atoms. The summed E-state index contributed by atoms with van der Waals surface area (Å²) in [4.78, 5) is 58.5. The molecule has 0 radical (unpaired) electrons. The maximum Gasteiger partial charge on any atom is 0.472 e. The highest BCUT2D eigenvalue weighted by molar-refractivity contribution is 8.54. The van der Waals surface area contributed by atoms with E-state index in [0.717, 1.165) is 33.8 Å². The van der Waals surface area contributed by atoms with Gasteiger partial charge < -0.3 is 34.1 Å². The lowest BCUT2D eigenvalue weighted by Gasteiger charge is -2.28. The molecule has 6 heterocycles. The number of carbonyl (C=O) groups excluding carboxylic acids is 1. The molecule has 3 aliphatic rings. The predicted molar refractivity (Wildman–Crippen MR) is 210 cm³/mol. The van der Waals surface area contributed by atoms with Gasteiger partial charge in [-0.3, -0.25) is 32.4 Å². The van der Waals surface area contributed by atoms with Crippen LogP contribution in [0.2, 0.25) is 0 Å². The molecular weight excluding hydrogens is 853 g/mol. The Morgan fingerprint density at radius 1 is 0.950 bits per heavy atom. The van der Waals surface area contributed by atoms with Crippen molar-refractivity contribution in [3.05, 3.63) is 117 Å². The number of carbonyl (C=O) groups is 1. The Balaban J connectivity index is 1.10. The van der Waals surface area contributed by atoms with Crippen LogP contribution in [0.4, 0.5) is 10.2 Å². The third-order valence-corrected chi connectivity index (χ3v) is 14.5. The van der Waals surface area contributed by atoms with Gasteiger partial charge in [0.25, 0.3) is 5.56 Å². The average molecular weight is 891 g/mol. The summed E-state index contributed by atoms with van der Waals surface area (Å²) in [6.45, 7) is -4.11. The number of methoxy groups -OCH3 is 1. The van der Waals surface area contributed by atoms with Gasteiger partial charge in [0.1, 0.15) is 54.1 Å². The van der Waals surface area contributed by atoms with Crippen molar-refractivity contribution in [1.82, 2.24) is 24.1 Å². The van der Waals surface area contributed by atoms with E-state index in [4.69, 9.17) is 42.8 Å². The number of benzene rings is 2. The zero-order valence-electron chi connectivity index (χ0n) is 31.5. The van der Waals surface area contributed by atoms with E-state index in [2.05, 4.69) is 9.97 Å². The summed E-state index contributed by atoms with van der Waals surface area (Å²) >= 11 is 0.719. The van der Waals surface area contributed by atoms with E-state index in [9.17, 15) is 28.4 Å². The van der Waals surface area contributed by atoms with Gasteiger partial charge in [-0.25, -0.2) is 33.1 Å². The molecule has 2 unspecified atom stereocenters. The summed E-state index contributed by atoms with van der Waals surface area (Å²) in [6.07, 6.45) is -8.60. The van der Waals surface area contributed by atoms with Gasteiger partial charge in [0, 0.05) is 31.3 Å². The van der Waals surface area contributed by atoms with Crippen LogP contribution in [0.5, 0.6) is 5.75 Å². The largest absolute Gasteiger partial charge is 0.472 e. The number of halogens is 1. The highest BCUT2D eigenvalue weighted by atomic mass is 32.7. The van der Waals surface area contributed by atoms with Crippen molar-refractivity contribution in [2.45, 2.75) is 61.8 Å². The molecule has 5 aromatic rings. The number of phosphoric ester groups is 1. The Morgan fingerprint density at radius 2 is 1.67 bits per heavy atom. The number of alkyl halides is 1. The van der Waals surface area contributed by atoms with E-state index in [1.807, 2.05) is 11.9 Å². The third kappa shape index (κ3) is 8.77. The summed E-state index contributed by atoms with van der Waals surface area (Å²) < 4.78 is 93.4. The van der Waals surface area contributed by atoms with Crippen molar-refractivity contribution in [2.75, 3.05) is 26.1 Å². The van der Waals surface area contributed by atoms with E-state index in [1.54, 1.807) is 65.4 Å². The Bertz CT molecular complexity index is 2600. The Labute approximate surface area is 342 Å². The number of fused-ring (bicyclic) bond motifs is 4. The number of aromatic amines is 1. The van der Waals surface area contributed by atoms with Crippen LogP contribution in [0.3, 0.4) is 0 Å². The van der Waals surface area contributed by atoms with Crippen LogP contribution >= 0.6 is 26.0 Å².